The minimum absolute atomic E-state index is 0.0529. The van der Waals surface area contributed by atoms with Gasteiger partial charge in [-0.15, -0.1) is 0 Å². The molecule has 3 aromatic carbocycles. The SMILES string of the molecule is O=C(CN1c2ccccc2NC2=C(C(=O)CCC2)C1c1ccco1)Nc1cccc2ccccc12. The molecule has 0 bridgehead atoms. The topological polar surface area (TPSA) is 74.6 Å². The number of amides is 1. The first-order chi connectivity index (χ1) is 17.2. The Balaban J connectivity index is 1.42. The van der Waals surface area contributed by atoms with Gasteiger partial charge in [-0.05, 0) is 48.6 Å². The lowest BCUT2D eigenvalue weighted by atomic mass is 9.88. The highest BCUT2D eigenvalue weighted by atomic mass is 16.3. The van der Waals surface area contributed by atoms with Crippen molar-refractivity contribution in [3.63, 3.8) is 0 Å². The third-order valence-electron chi connectivity index (χ3n) is 6.73. The zero-order chi connectivity index (χ0) is 23.8. The van der Waals surface area contributed by atoms with E-state index in [4.69, 9.17) is 4.42 Å². The van der Waals surface area contributed by atoms with Gasteiger partial charge in [-0.2, -0.15) is 0 Å². The highest BCUT2D eigenvalue weighted by Gasteiger charge is 2.38. The molecule has 1 unspecified atom stereocenters. The van der Waals surface area contributed by atoms with Crippen molar-refractivity contribution < 1.29 is 14.0 Å². The number of Topliss-reactive ketones (excluding diaryl/α,β-unsaturated/α-hetero) is 1. The summed E-state index contributed by atoms with van der Waals surface area (Å²) in [6, 6.07) is 24.9. The summed E-state index contributed by atoms with van der Waals surface area (Å²) in [5, 5.41) is 8.65. The highest BCUT2D eigenvalue weighted by Crippen LogP contribution is 2.44. The molecule has 6 heteroatoms. The standard InChI is InChI=1S/C29H25N3O3/c33-25-15-6-13-23-28(25)29(26-16-7-17-35-26)32(24-14-4-3-11-22(24)30-23)18-27(34)31-21-12-5-9-19-8-1-2-10-20(19)21/h1-5,7-12,14,16-17,29-30H,6,13,15,18H2,(H,31,34). The highest BCUT2D eigenvalue weighted by molar-refractivity contribution is 6.05. The van der Waals surface area contributed by atoms with Crippen LogP contribution in [-0.4, -0.2) is 18.2 Å². The van der Waals surface area contributed by atoms with Crippen LogP contribution in [0.3, 0.4) is 0 Å². The number of nitrogens with one attached hydrogen (secondary N) is 2. The van der Waals surface area contributed by atoms with Crippen LogP contribution < -0.4 is 15.5 Å². The molecule has 6 nitrogen and oxygen atoms in total. The minimum Gasteiger partial charge on any atom is -0.467 e. The number of carbonyl (C=O) groups excluding carboxylic acids is 2. The van der Waals surface area contributed by atoms with Crippen LogP contribution in [0, 0.1) is 0 Å². The van der Waals surface area contributed by atoms with E-state index >= 15 is 0 Å². The van der Waals surface area contributed by atoms with E-state index in [2.05, 4.69) is 10.6 Å². The number of carbonyl (C=O) groups is 2. The monoisotopic (exact) mass is 463 g/mol. The van der Waals surface area contributed by atoms with Crippen molar-refractivity contribution in [2.75, 3.05) is 22.1 Å². The first-order valence-corrected chi connectivity index (χ1v) is 11.9. The van der Waals surface area contributed by atoms with Crippen LogP contribution in [-0.2, 0) is 9.59 Å². The third-order valence-corrected chi connectivity index (χ3v) is 6.73. The molecule has 6 rings (SSSR count). The van der Waals surface area contributed by atoms with Gasteiger partial charge in [0.1, 0.15) is 11.8 Å². The number of nitrogens with zero attached hydrogens (tertiary/aromatic N) is 1. The second-order valence-electron chi connectivity index (χ2n) is 8.93. The molecule has 2 heterocycles. The van der Waals surface area contributed by atoms with Gasteiger partial charge >= 0.3 is 0 Å². The van der Waals surface area contributed by atoms with Gasteiger partial charge in [-0.1, -0.05) is 48.5 Å². The normalized spacial score (nSPS) is 17.4. The molecular formula is C29H25N3O3. The second kappa shape index (κ2) is 8.80. The average Bonchev–Trinajstić information content (AvgIpc) is 3.36. The van der Waals surface area contributed by atoms with E-state index in [1.807, 2.05) is 83.8 Å². The summed E-state index contributed by atoms with van der Waals surface area (Å²) in [6.07, 6.45) is 3.69. The number of rotatable bonds is 4. The van der Waals surface area contributed by atoms with E-state index in [0.29, 0.717) is 17.8 Å². The number of furan rings is 1. The van der Waals surface area contributed by atoms with Gasteiger partial charge in [0.05, 0.1) is 24.2 Å². The van der Waals surface area contributed by atoms with Gasteiger partial charge in [-0.3, -0.25) is 9.59 Å². The predicted molar refractivity (Wildman–Crippen MR) is 137 cm³/mol. The number of anilines is 3. The van der Waals surface area contributed by atoms with Crippen molar-refractivity contribution >= 4 is 39.5 Å². The molecule has 0 spiro atoms. The molecule has 1 aliphatic heterocycles. The van der Waals surface area contributed by atoms with Crippen LogP contribution in [0.25, 0.3) is 10.8 Å². The Morgan fingerprint density at radius 1 is 0.971 bits per heavy atom. The van der Waals surface area contributed by atoms with Gasteiger partial charge in [0.15, 0.2) is 5.78 Å². The molecule has 0 fully saturated rings. The maximum absolute atomic E-state index is 13.5. The summed E-state index contributed by atoms with van der Waals surface area (Å²) >= 11 is 0. The van der Waals surface area contributed by atoms with Crippen LogP contribution in [0.2, 0.25) is 0 Å². The first kappa shape index (κ1) is 21.2. The van der Waals surface area contributed by atoms with Gasteiger partial charge in [-0.25, -0.2) is 0 Å². The summed E-state index contributed by atoms with van der Waals surface area (Å²) < 4.78 is 5.84. The third kappa shape index (κ3) is 3.87. The van der Waals surface area contributed by atoms with Crippen molar-refractivity contribution in [2.24, 2.45) is 0 Å². The number of ketones is 1. The molecule has 1 aromatic heterocycles. The fraction of sp³-hybridized carbons (Fsp3) is 0.172. The number of fused-ring (bicyclic) bond motifs is 2. The number of benzene rings is 3. The number of hydrogen-bond donors (Lipinski definition) is 2. The van der Waals surface area contributed by atoms with Gasteiger partial charge < -0.3 is 20.0 Å². The van der Waals surface area contributed by atoms with E-state index in [1.54, 1.807) is 6.26 Å². The Bertz CT molecular complexity index is 1450. The molecule has 2 N–H and O–H groups in total. The first-order valence-electron chi connectivity index (χ1n) is 11.9. The molecule has 0 radical (unpaired) electrons. The summed E-state index contributed by atoms with van der Waals surface area (Å²) in [4.78, 5) is 28.7. The van der Waals surface area contributed by atoms with Gasteiger partial charge in [0.25, 0.3) is 0 Å². The van der Waals surface area contributed by atoms with Gasteiger partial charge in [0, 0.05) is 28.8 Å². The fourth-order valence-corrected chi connectivity index (χ4v) is 5.20. The molecular weight excluding hydrogens is 438 g/mol. The van der Waals surface area contributed by atoms with Crippen LogP contribution in [0.5, 0.6) is 0 Å². The van der Waals surface area contributed by atoms with E-state index in [9.17, 15) is 9.59 Å². The van der Waals surface area contributed by atoms with Crippen LogP contribution in [0.4, 0.5) is 17.1 Å². The molecule has 2 aliphatic rings. The Labute approximate surface area is 203 Å². The smallest absolute Gasteiger partial charge is 0.243 e. The minimum atomic E-state index is -0.498. The van der Waals surface area contributed by atoms with Crippen molar-refractivity contribution in [3.05, 3.63) is 102 Å². The molecule has 0 saturated carbocycles. The maximum Gasteiger partial charge on any atom is 0.243 e. The summed E-state index contributed by atoms with van der Waals surface area (Å²) in [5.74, 6) is 0.566. The van der Waals surface area contributed by atoms with E-state index < -0.39 is 6.04 Å². The largest absolute Gasteiger partial charge is 0.467 e. The lowest BCUT2D eigenvalue weighted by Gasteiger charge is -2.33. The Hall–Kier alpha value is -4.32. The average molecular weight is 464 g/mol. The van der Waals surface area contributed by atoms with Crippen molar-refractivity contribution in [2.45, 2.75) is 25.3 Å². The zero-order valence-corrected chi connectivity index (χ0v) is 19.2. The van der Waals surface area contributed by atoms with E-state index in [1.165, 1.54) is 0 Å². The quantitative estimate of drug-likeness (QED) is 0.385. The molecule has 1 amide bonds. The Kier molecular flexibility index (Phi) is 5.34. The van der Waals surface area contributed by atoms with E-state index in [0.717, 1.165) is 46.4 Å². The number of hydrogen-bond acceptors (Lipinski definition) is 5. The molecule has 35 heavy (non-hydrogen) atoms. The van der Waals surface area contributed by atoms with Crippen LogP contribution >= 0.6 is 0 Å². The number of allylic oxidation sites excluding steroid dienone is 1. The molecule has 174 valence electrons. The Morgan fingerprint density at radius 2 is 1.80 bits per heavy atom. The summed E-state index contributed by atoms with van der Waals surface area (Å²) in [5.41, 5.74) is 4.08. The molecule has 1 atom stereocenters. The molecule has 1 aliphatic carbocycles. The van der Waals surface area contributed by atoms with Crippen molar-refractivity contribution in [1.29, 1.82) is 0 Å². The van der Waals surface area contributed by atoms with E-state index in [-0.39, 0.29) is 18.2 Å². The second-order valence-corrected chi connectivity index (χ2v) is 8.93. The predicted octanol–water partition coefficient (Wildman–Crippen LogP) is 6.05. The van der Waals surface area contributed by atoms with Gasteiger partial charge in [0.2, 0.25) is 5.91 Å². The fourth-order valence-electron chi connectivity index (χ4n) is 5.20. The van der Waals surface area contributed by atoms with Crippen LogP contribution in [0.15, 0.2) is 101 Å². The summed E-state index contributed by atoms with van der Waals surface area (Å²) in [7, 11) is 0. The van der Waals surface area contributed by atoms with Crippen molar-refractivity contribution in [3.8, 4) is 0 Å². The Morgan fingerprint density at radius 3 is 2.69 bits per heavy atom. The zero-order valence-electron chi connectivity index (χ0n) is 19.2. The number of para-hydroxylation sites is 2. The summed E-state index contributed by atoms with van der Waals surface area (Å²) in [6.45, 7) is 0.0529. The van der Waals surface area contributed by atoms with Crippen LogP contribution in [0.1, 0.15) is 31.1 Å². The lowest BCUT2D eigenvalue weighted by molar-refractivity contribution is -0.117. The maximum atomic E-state index is 13.5. The molecule has 0 saturated heterocycles. The lowest BCUT2D eigenvalue weighted by Crippen LogP contribution is -2.38. The molecule has 4 aromatic rings. The van der Waals surface area contributed by atoms with Crippen molar-refractivity contribution in [1.82, 2.24) is 0 Å².